The maximum absolute atomic E-state index is 13.6. The van der Waals surface area contributed by atoms with Gasteiger partial charge in [0, 0.05) is 32.6 Å². The third-order valence-electron chi connectivity index (χ3n) is 4.60. The fraction of sp³-hybridized carbons (Fsp3) is 0.381. The molecule has 0 unspecified atom stereocenters. The van der Waals surface area contributed by atoms with E-state index in [0.717, 1.165) is 37.7 Å². The van der Waals surface area contributed by atoms with E-state index in [-0.39, 0.29) is 11.7 Å². The van der Waals surface area contributed by atoms with Crippen LogP contribution in [0.4, 0.5) is 15.8 Å². The van der Waals surface area contributed by atoms with Crippen LogP contribution >= 0.6 is 0 Å². The molecule has 0 saturated carbocycles. The number of anilines is 2. The van der Waals surface area contributed by atoms with Crippen LogP contribution in [0.5, 0.6) is 0 Å². The summed E-state index contributed by atoms with van der Waals surface area (Å²) < 4.78 is 19.0. The highest BCUT2D eigenvalue weighted by Gasteiger charge is 2.14. The van der Waals surface area contributed by atoms with Gasteiger partial charge in [-0.25, -0.2) is 4.39 Å². The Labute approximate surface area is 159 Å². The van der Waals surface area contributed by atoms with E-state index in [1.54, 1.807) is 18.2 Å². The molecule has 0 bridgehead atoms. The largest absolute Gasteiger partial charge is 0.383 e. The second-order valence-corrected chi connectivity index (χ2v) is 6.48. The topological polar surface area (TPSA) is 53.6 Å². The lowest BCUT2D eigenvalue weighted by Crippen LogP contribution is -2.36. The number of nitrogens with zero attached hydrogens (tertiary/aromatic N) is 1. The fourth-order valence-corrected chi connectivity index (χ4v) is 3.14. The Morgan fingerprint density at radius 1 is 1.04 bits per heavy atom. The molecule has 2 aromatic rings. The molecule has 1 saturated heterocycles. The van der Waals surface area contributed by atoms with E-state index in [0.29, 0.717) is 31.5 Å². The van der Waals surface area contributed by atoms with Crippen LogP contribution in [0.3, 0.4) is 0 Å². The number of carbonyl (C=O) groups excluding carboxylic acids is 1. The van der Waals surface area contributed by atoms with E-state index in [4.69, 9.17) is 4.74 Å². The number of ether oxygens (including phenoxy) is 1. The Bertz CT molecular complexity index is 748. The molecule has 3 rings (SSSR count). The van der Waals surface area contributed by atoms with Crippen molar-refractivity contribution in [1.82, 2.24) is 5.32 Å². The fourth-order valence-electron chi connectivity index (χ4n) is 3.14. The molecule has 6 heteroatoms. The molecule has 0 aromatic heterocycles. The van der Waals surface area contributed by atoms with Crippen LogP contribution in [0, 0.1) is 5.82 Å². The van der Waals surface area contributed by atoms with Crippen LogP contribution in [0.1, 0.15) is 12.0 Å². The number of rotatable bonds is 8. The van der Waals surface area contributed by atoms with E-state index < -0.39 is 0 Å². The number of para-hydroxylation sites is 2. The maximum Gasteiger partial charge on any atom is 0.221 e. The summed E-state index contributed by atoms with van der Waals surface area (Å²) in [5.74, 6) is -0.268. The zero-order chi connectivity index (χ0) is 18.9. The summed E-state index contributed by atoms with van der Waals surface area (Å²) >= 11 is 0. The minimum Gasteiger partial charge on any atom is -0.383 e. The van der Waals surface area contributed by atoms with Crippen LogP contribution in [0.2, 0.25) is 0 Å². The minimum absolute atomic E-state index is 0.0392. The molecule has 2 aromatic carbocycles. The first-order chi connectivity index (χ1) is 13.2. The van der Waals surface area contributed by atoms with E-state index in [1.807, 2.05) is 18.2 Å². The zero-order valence-electron chi connectivity index (χ0n) is 15.4. The molecule has 1 amide bonds. The molecule has 5 nitrogen and oxygen atoms in total. The van der Waals surface area contributed by atoms with Crippen molar-refractivity contribution in [3.63, 3.8) is 0 Å². The molecule has 144 valence electrons. The van der Waals surface area contributed by atoms with Crippen LogP contribution < -0.4 is 15.5 Å². The standard InChI is InChI=1S/C21H26FN3O2/c22-18-6-2-1-5-17(18)9-11-24-21(26)10-12-23-19-7-3-4-8-20(19)25-13-15-27-16-14-25/h1-8,23H,9-16H2,(H,24,26). The number of benzene rings is 2. The summed E-state index contributed by atoms with van der Waals surface area (Å²) in [6.45, 7) is 4.19. The average molecular weight is 371 g/mol. The SMILES string of the molecule is O=C(CCNc1ccccc1N1CCOCC1)NCCc1ccccc1F. The first-order valence-corrected chi connectivity index (χ1v) is 9.40. The highest BCUT2D eigenvalue weighted by atomic mass is 19.1. The molecule has 0 radical (unpaired) electrons. The quantitative estimate of drug-likeness (QED) is 0.749. The van der Waals surface area contributed by atoms with E-state index in [9.17, 15) is 9.18 Å². The van der Waals surface area contributed by atoms with Crippen molar-refractivity contribution in [2.75, 3.05) is 49.6 Å². The van der Waals surface area contributed by atoms with Gasteiger partial charge in [0.05, 0.1) is 24.6 Å². The van der Waals surface area contributed by atoms with Crippen molar-refractivity contribution >= 4 is 17.3 Å². The summed E-state index contributed by atoms with van der Waals surface area (Å²) in [5.41, 5.74) is 2.79. The molecular weight excluding hydrogens is 345 g/mol. The van der Waals surface area contributed by atoms with Crippen molar-refractivity contribution in [3.8, 4) is 0 Å². The van der Waals surface area contributed by atoms with Gasteiger partial charge in [0.1, 0.15) is 5.82 Å². The van der Waals surface area contributed by atoms with Crippen molar-refractivity contribution < 1.29 is 13.9 Å². The molecule has 0 spiro atoms. The maximum atomic E-state index is 13.6. The van der Waals surface area contributed by atoms with Crippen molar-refractivity contribution in [2.45, 2.75) is 12.8 Å². The summed E-state index contributed by atoms with van der Waals surface area (Å²) in [7, 11) is 0. The average Bonchev–Trinajstić information content (AvgIpc) is 2.70. The smallest absolute Gasteiger partial charge is 0.221 e. The van der Waals surface area contributed by atoms with Gasteiger partial charge in [0.25, 0.3) is 0 Å². The van der Waals surface area contributed by atoms with Gasteiger partial charge in [-0.1, -0.05) is 30.3 Å². The first kappa shape index (κ1) is 19.2. The van der Waals surface area contributed by atoms with Gasteiger partial charge in [0.2, 0.25) is 5.91 Å². The summed E-state index contributed by atoms with van der Waals surface area (Å²) in [5, 5.41) is 6.21. The Balaban J connectivity index is 1.42. The third-order valence-corrected chi connectivity index (χ3v) is 4.60. The highest BCUT2D eigenvalue weighted by Crippen LogP contribution is 2.26. The lowest BCUT2D eigenvalue weighted by atomic mass is 10.1. The lowest BCUT2D eigenvalue weighted by Gasteiger charge is -2.30. The van der Waals surface area contributed by atoms with Gasteiger partial charge in [0.15, 0.2) is 0 Å². The third kappa shape index (κ3) is 5.69. The van der Waals surface area contributed by atoms with Gasteiger partial charge >= 0.3 is 0 Å². The van der Waals surface area contributed by atoms with Gasteiger partial charge in [-0.15, -0.1) is 0 Å². The number of hydrogen-bond donors (Lipinski definition) is 2. The lowest BCUT2D eigenvalue weighted by molar-refractivity contribution is -0.120. The van der Waals surface area contributed by atoms with Crippen LogP contribution in [-0.4, -0.2) is 45.3 Å². The molecule has 0 aliphatic carbocycles. The van der Waals surface area contributed by atoms with Gasteiger partial charge in [-0.3, -0.25) is 4.79 Å². The van der Waals surface area contributed by atoms with Gasteiger partial charge in [-0.05, 0) is 30.2 Å². The summed E-state index contributed by atoms with van der Waals surface area (Å²) in [6.07, 6.45) is 0.862. The van der Waals surface area contributed by atoms with Crippen molar-refractivity contribution in [2.24, 2.45) is 0 Å². The molecule has 1 aliphatic heterocycles. The van der Waals surface area contributed by atoms with Crippen molar-refractivity contribution in [1.29, 1.82) is 0 Å². The number of carbonyl (C=O) groups is 1. The molecule has 0 atom stereocenters. The molecule has 1 fully saturated rings. The first-order valence-electron chi connectivity index (χ1n) is 9.40. The zero-order valence-corrected chi connectivity index (χ0v) is 15.4. The minimum atomic E-state index is -0.229. The van der Waals surface area contributed by atoms with Crippen molar-refractivity contribution in [3.05, 3.63) is 59.9 Å². The number of nitrogens with one attached hydrogen (secondary N) is 2. The second kappa shape index (κ2) is 9.92. The Hall–Kier alpha value is -2.60. The van der Waals surface area contributed by atoms with Gasteiger partial charge < -0.3 is 20.3 Å². The van der Waals surface area contributed by atoms with E-state index >= 15 is 0 Å². The van der Waals surface area contributed by atoms with Crippen LogP contribution in [0.25, 0.3) is 0 Å². The molecule has 1 aliphatic rings. The van der Waals surface area contributed by atoms with E-state index in [1.165, 1.54) is 6.07 Å². The second-order valence-electron chi connectivity index (χ2n) is 6.48. The summed E-state index contributed by atoms with van der Waals surface area (Å²) in [6, 6.07) is 14.8. The predicted molar refractivity (Wildman–Crippen MR) is 106 cm³/mol. The Morgan fingerprint density at radius 3 is 2.59 bits per heavy atom. The molecule has 1 heterocycles. The molecular formula is C21H26FN3O2. The number of morpholine rings is 1. The number of halogens is 1. The monoisotopic (exact) mass is 371 g/mol. The van der Waals surface area contributed by atoms with Crippen LogP contribution in [0.15, 0.2) is 48.5 Å². The Morgan fingerprint density at radius 2 is 1.78 bits per heavy atom. The summed E-state index contributed by atoms with van der Waals surface area (Å²) in [4.78, 5) is 14.3. The van der Waals surface area contributed by atoms with E-state index in [2.05, 4.69) is 21.6 Å². The Kier molecular flexibility index (Phi) is 7.04. The highest BCUT2D eigenvalue weighted by molar-refractivity contribution is 5.77. The number of hydrogen-bond acceptors (Lipinski definition) is 4. The number of amides is 1. The normalized spacial score (nSPS) is 14.0. The molecule has 2 N–H and O–H groups in total. The predicted octanol–water partition coefficient (Wildman–Crippen LogP) is 2.82. The van der Waals surface area contributed by atoms with Crippen LogP contribution in [-0.2, 0) is 16.0 Å². The molecule has 27 heavy (non-hydrogen) atoms. The van der Waals surface area contributed by atoms with Gasteiger partial charge in [-0.2, -0.15) is 0 Å².